The van der Waals surface area contributed by atoms with E-state index in [2.05, 4.69) is 14.7 Å². The second-order valence-electron chi connectivity index (χ2n) is 4.27. The first kappa shape index (κ1) is 19.2. The van der Waals surface area contributed by atoms with Crippen molar-refractivity contribution in [1.82, 2.24) is 9.97 Å². The van der Waals surface area contributed by atoms with Crippen LogP contribution in [-0.2, 0) is 4.74 Å². The lowest BCUT2D eigenvalue weighted by atomic mass is 10.2. The lowest BCUT2D eigenvalue weighted by molar-refractivity contribution is 0.0592. The normalized spacial score (nSPS) is 9.32. The van der Waals surface area contributed by atoms with Gasteiger partial charge in [0.05, 0.1) is 18.2 Å². The van der Waals surface area contributed by atoms with Crippen LogP contribution in [0.1, 0.15) is 41.7 Å². The van der Waals surface area contributed by atoms with Gasteiger partial charge in [-0.3, -0.25) is 0 Å². The summed E-state index contributed by atoms with van der Waals surface area (Å²) in [4.78, 5) is 49.2. The van der Waals surface area contributed by atoms with Crippen LogP contribution in [0.3, 0.4) is 0 Å². The number of pyridine rings is 2. The molecule has 0 aliphatic rings. The number of aromatic nitrogens is 2. The van der Waals surface area contributed by atoms with Crippen molar-refractivity contribution >= 4 is 23.9 Å². The van der Waals surface area contributed by atoms with Crippen molar-refractivity contribution in [3.05, 3.63) is 59.2 Å². The quantitative estimate of drug-likeness (QED) is 0.680. The minimum absolute atomic E-state index is 0.00963. The maximum absolute atomic E-state index is 10.9. The average molecular weight is 348 g/mol. The fraction of sp³-hybridized carbons (Fsp3) is 0.0667. The van der Waals surface area contributed by atoms with Gasteiger partial charge in [0.25, 0.3) is 0 Å². The van der Waals surface area contributed by atoms with Gasteiger partial charge in [-0.05, 0) is 24.3 Å². The van der Waals surface area contributed by atoms with E-state index < -0.39 is 23.9 Å². The molecule has 0 bridgehead atoms. The SMILES string of the molecule is COC(=O)c1cc(C(=O)O)ccn1.O=C(O)c1ccnc(C(=O)O)c1. The summed E-state index contributed by atoms with van der Waals surface area (Å²) in [7, 11) is 1.21. The van der Waals surface area contributed by atoms with Gasteiger partial charge in [-0.2, -0.15) is 0 Å². The first-order valence-electron chi connectivity index (χ1n) is 6.46. The molecule has 0 saturated heterocycles. The molecule has 0 spiro atoms. The van der Waals surface area contributed by atoms with Crippen LogP contribution < -0.4 is 0 Å². The smallest absolute Gasteiger partial charge is 0.356 e. The zero-order valence-electron chi connectivity index (χ0n) is 12.7. The molecule has 0 radical (unpaired) electrons. The van der Waals surface area contributed by atoms with Gasteiger partial charge in [0.2, 0.25) is 0 Å². The zero-order valence-corrected chi connectivity index (χ0v) is 12.7. The maximum Gasteiger partial charge on any atom is 0.356 e. The molecule has 3 N–H and O–H groups in total. The average Bonchev–Trinajstić information content (AvgIpc) is 2.61. The third kappa shape index (κ3) is 5.71. The number of carbonyl (C=O) groups excluding carboxylic acids is 1. The van der Waals surface area contributed by atoms with Crippen LogP contribution in [0.5, 0.6) is 0 Å². The molecule has 0 amide bonds. The highest BCUT2D eigenvalue weighted by Crippen LogP contribution is 2.03. The Morgan fingerprint density at radius 3 is 1.64 bits per heavy atom. The predicted molar refractivity (Wildman–Crippen MR) is 80.7 cm³/mol. The maximum atomic E-state index is 10.9. The fourth-order valence-corrected chi connectivity index (χ4v) is 1.46. The number of esters is 1. The Hall–Kier alpha value is -3.82. The molecule has 2 aromatic rings. The number of ether oxygens (including phenoxy) is 1. The van der Waals surface area contributed by atoms with Crippen molar-refractivity contribution in [1.29, 1.82) is 0 Å². The molecule has 0 fully saturated rings. The number of aromatic carboxylic acids is 3. The Morgan fingerprint density at radius 2 is 1.24 bits per heavy atom. The van der Waals surface area contributed by atoms with Gasteiger partial charge in [0, 0.05) is 12.4 Å². The van der Waals surface area contributed by atoms with Crippen LogP contribution in [0.15, 0.2) is 36.7 Å². The first-order chi connectivity index (χ1) is 11.8. The van der Waals surface area contributed by atoms with Gasteiger partial charge in [0.1, 0.15) is 11.4 Å². The summed E-state index contributed by atoms with van der Waals surface area (Å²) in [6, 6.07) is 4.70. The minimum atomic E-state index is -1.24. The number of methoxy groups -OCH3 is 1. The molecule has 0 atom stereocenters. The third-order valence-corrected chi connectivity index (χ3v) is 2.63. The Labute approximate surface area is 140 Å². The number of carboxylic acids is 3. The highest BCUT2D eigenvalue weighted by molar-refractivity contribution is 5.93. The van der Waals surface area contributed by atoms with E-state index >= 15 is 0 Å². The van der Waals surface area contributed by atoms with E-state index in [1.807, 2.05) is 0 Å². The number of nitrogens with zero attached hydrogens (tertiary/aromatic N) is 2. The molecule has 0 aliphatic heterocycles. The van der Waals surface area contributed by atoms with Gasteiger partial charge < -0.3 is 20.1 Å². The molecular formula is C15H12N2O8. The fourth-order valence-electron chi connectivity index (χ4n) is 1.46. The Bertz CT molecular complexity index is 789. The van der Waals surface area contributed by atoms with Gasteiger partial charge in [-0.25, -0.2) is 29.1 Å². The molecule has 2 heterocycles. The molecule has 2 rings (SSSR count). The summed E-state index contributed by atoms with van der Waals surface area (Å²) in [5.74, 6) is -4.16. The first-order valence-corrected chi connectivity index (χ1v) is 6.46. The van der Waals surface area contributed by atoms with Gasteiger partial charge in [0.15, 0.2) is 0 Å². The molecule has 0 unspecified atom stereocenters. The van der Waals surface area contributed by atoms with Crippen molar-refractivity contribution in [3.63, 3.8) is 0 Å². The number of carbonyl (C=O) groups is 4. The van der Waals surface area contributed by atoms with Crippen molar-refractivity contribution in [3.8, 4) is 0 Å². The van der Waals surface area contributed by atoms with Crippen LogP contribution in [0.2, 0.25) is 0 Å². The molecule has 130 valence electrons. The molecule has 0 aliphatic carbocycles. The van der Waals surface area contributed by atoms with Crippen molar-refractivity contribution in [2.75, 3.05) is 7.11 Å². The highest BCUT2D eigenvalue weighted by atomic mass is 16.5. The van der Waals surface area contributed by atoms with Crippen LogP contribution in [-0.4, -0.2) is 56.3 Å². The molecule has 0 aromatic carbocycles. The topological polar surface area (TPSA) is 164 Å². The number of hydrogen-bond donors (Lipinski definition) is 3. The number of hydrogen-bond acceptors (Lipinski definition) is 7. The second kappa shape index (κ2) is 8.72. The van der Waals surface area contributed by atoms with E-state index in [-0.39, 0.29) is 22.5 Å². The van der Waals surface area contributed by atoms with Crippen LogP contribution in [0.25, 0.3) is 0 Å². The van der Waals surface area contributed by atoms with Gasteiger partial charge in [-0.15, -0.1) is 0 Å². The van der Waals surface area contributed by atoms with Gasteiger partial charge >= 0.3 is 23.9 Å². The number of rotatable bonds is 4. The molecular weight excluding hydrogens is 336 g/mol. The predicted octanol–water partition coefficient (Wildman–Crippen LogP) is 1.04. The van der Waals surface area contributed by atoms with Gasteiger partial charge in [-0.1, -0.05) is 0 Å². The van der Waals surface area contributed by atoms with Crippen LogP contribution >= 0.6 is 0 Å². The Morgan fingerprint density at radius 1 is 0.800 bits per heavy atom. The summed E-state index contributed by atoms with van der Waals surface area (Å²) in [5.41, 5.74) is -0.352. The van der Waals surface area contributed by atoms with E-state index in [1.165, 1.54) is 25.4 Å². The Kier molecular flexibility index (Phi) is 6.71. The van der Waals surface area contributed by atoms with E-state index in [0.717, 1.165) is 18.3 Å². The number of carboxylic acid groups (broad SMARTS) is 3. The molecule has 10 nitrogen and oxygen atoms in total. The van der Waals surface area contributed by atoms with E-state index in [1.54, 1.807) is 0 Å². The Balaban J connectivity index is 0.000000251. The second-order valence-corrected chi connectivity index (χ2v) is 4.27. The minimum Gasteiger partial charge on any atom is -0.478 e. The summed E-state index contributed by atoms with van der Waals surface area (Å²) >= 11 is 0. The van der Waals surface area contributed by atoms with Crippen LogP contribution in [0.4, 0.5) is 0 Å². The van der Waals surface area contributed by atoms with E-state index in [9.17, 15) is 19.2 Å². The van der Waals surface area contributed by atoms with Crippen LogP contribution in [0, 0.1) is 0 Å². The van der Waals surface area contributed by atoms with Crippen molar-refractivity contribution < 1.29 is 39.2 Å². The van der Waals surface area contributed by atoms with Crippen molar-refractivity contribution in [2.45, 2.75) is 0 Å². The summed E-state index contributed by atoms with van der Waals surface area (Å²) in [6.07, 6.45) is 2.39. The molecule has 10 heteroatoms. The standard InChI is InChI=1S/C8H7NO4.C7H5NO4/c1-13-8(12)6-4-5(7(10)11)2-3-9-6;9-6(10)4-1-2-8-5(3-4)7(11)12/h2-4H,1H3,(H,10,11);1-3H,(H,9,10)(H,11,12). The molecule has 2 aromatic heterocycles. The lowest BCUT2D eigenvalue weighted by Gasteiger charge is -1.98. The summed E-state index contributed by atoms with van der Waals surface area (Å²) < 4.78 is 4.38. The van der Waals surface area contributed by atoms with E-state index in [4.69, 9.17) is 15.3 Å². The monoisotopic (exact) mass is 348 g/mol. The van der Waals surface area contributed by atoms with Crippen molar-refractivity contribution in [2.24, 2.45) is 0 Å². The largest absolute Gasteiger partial charge is 0.478 e. The zero-order chi connectivity index (χ0) is 19.0. The van der Waals surface area contributed by atoms with E-state index in [0.29, 0.717) is 0 Å². The summed E-state index contributed by atoms with van der Waals surface area (Å²) in [5, 5.41) is 25.5. The lowest BCUT2D eigenvalue weighted by Crippen LogP contribution is -2.06. The summed E-state index contributed by atoms with van der Waals surface area (Å²) in [6.45, 7) is 0. The third-order valence-electron chi connectivity index (χ3n) is 2.63. The highest BCUT2D eigenvalue weighted by Gasteiger charge is 2.10. The molecule has 25 heavy (non-hydrogen) atoms. The molecule has 0 saturated carbocycles.